The summed E-state index contributed by atoms with van der Waals surface area (Å²) < 4.78 is 18.5. The summed E-state index contributed by atoms with van der Waals surface area (Å²) in [6.07, 6.45) is 1.60. The first-order valence-corrected chi connectivity index (χ1v) is 6.15. The van der Waals surface area contributed by atoms with Crippen LogP contribution < -0.4 is 5.73 Å². The molecule has 0 aliphatic carbocycles. The molecule has 0 unspecified atom stereocenters. The van der Waals surface area contributed by atoms with Crippen molar-refractivity contribution in [2.75, 3.05) is 0 Å². The molecule has 6 nitrogen and oxygen atoms in total. The Balaban J connectivity index is 1.97. The van der Waals surface area contributed by atoms with Crippen molar-refractivity contribution in [1.29, 1.82) is 0 Å². The maximum Gasteiger partial charge on any atom is 0.258 e. The molecule has 0 aliphatic rings. The van der Waals surface area contributed by atoms with Crippen LogP contribution in [0.1, 0.15) is 5.69 Å². The highest BCUT2D eigenvalue weighted by Gasteiger charge is 2.12. The van der Waals surface area contributed by atoms with Gasteiger partial charge in [0.25, 0.3) is 5.89 Å². The molecule has 0 bridgehead atoms. The molecule has 0 spiro atoms. The third-order valence-electron chi connectivity index (χ3n) is 2.90. The largest absolute Gasteiger partial charge is 0.505 e. The minimum Gasteiger partial charge on any atom is -0.505 e. The van der Waals surface area contributed by atoms with E-state index < -0.39 is 11.6 Å². The normalized spacial score (nSPS) is 10.8. The lowest BCUT2D eigenvalue weighted by atomic mass is 10.2. The molecule has 2 heterocycles. The zero-order valence-electron chi connectivity index (χ0n) is 10.8. The van der Waals surface area contributed by atoms with Crippen LogP contribution >= 0.6 is 0 Å². The van der Waals surface area contributed by atoms with Gasteiger partial charge in [0.2, 0.25) is 5.82 Å². The van der Waals surface area contributed by atoms with Gasteiger partial charge in [-0.3, -0.25) is 4.98 Å². The Morgan fingerprint density at radius 1 is 1.19 bits per heavy atom. The number of rotatable bonds is 3. The zero-order chi connectivity index (χ0) is 14.8. The van der Waals surface area contributed by atoms with E-state index in [1.165, 1.54) is 12.1 Å². The zero-order valence-corrected chi connectivity index (χ0v) is 10.8. The fourth-order valence-electron chi connectivity index (χ4n) is 1.83. The fraction of sp³-hybridized carbons (Fsp3) is 0.0714. The lowest BCUT2D eigenvalue weighted by Crippen LogP contribution is -1.98. The predicted octanol–water partition coefficient (Wildman–Crippen LogP) is 2.10. The number of nitrogens with zero attached hydrogens (tertiary/aromatic N) is 3. The van der Waals surface area contributed by atoms with Crippen LogP contribution in [-0.2, 0) is 6.54 Å². The van der Waals surface area contributed by atoms with E-state index >= 15 is 0 Å². The first-order valence-electron chi connectivity index (χ1n) is 6.15. The monoisotopic (exact) mass is 286 g/mol. The van der Waals surface area contributed by atoms with Crippen molar-refractivity contribution in [3.05, 3.63) is 48.0 Å². The van der Waals surface area contributed by atoms with E-state index in [4.69, 9.17) is 10.3 Å². The molecule has 0 saturated heterocycles. The number of hydrogen-bond acceptors (Lipinski definition) is 6. The van der Waals surface area contributed by atoms with Crippen molar-refractivity contribution in [1.82, 2.24) is 15.1 Å². The van der Waals surface area contributed by atoms with Crippen molar-refractivity contribution >= 4 is 0 Å². The van der Waals surface area contributed by atoms with Crippen LogP contribution in [-0.4, -0.2) is 20.2 Å². The first-order chi connectivity index (χ1) is 10.2. The second-order valence-corrected chi connectivity index (χ2v) is 4.33. The second kappa shape index (κ2) is 5.29. The van der Waals surface area contributed by atoms with Gasteiger partial charge in [-0.15, -0.1) is 0 Å². The van der Waals surface area contributed by atoms with E-state index in [1.54, 1.807) is 18.3 Å². The maximum absolute atomic E-state index is 13.3. The number of phenolic OH excluding ortho intramolecular Hbond substituents is 1. The summed E-state index contributed by atoms with van der Waals surface area (Å²) in [6.45, 7) is 0.304. The van der Waals surface area contributed by atoms with E-state index in [1.807, 2.05) is 0 Å². The quantitative estimate of drug-likeness (QED) is 0.765. The maximum atomic E-state index is 13.3. The highest BCUT2D eigenvalue weighted by molar-refractivity contribution is 5.60. The van der Waals surface area contributed by atoms with Crippen molar-refractivity contribution in [3.63, 3.8) is 0 Å². The van der Waals surface area contributed by atoms with E-state index in [0.29, 0.717) is 23.4 Å². The summed E-state index contributed by atoms with van der Waals surface area (Å²) in [5.74, 6) is -0.650. The van der Waals surface area contributed by atoms with Gasteiger partial charge in [-0.1, -0.05) is 5.16 Å². The molecule has 0 radical (unpaired) electrons. The highest BCUT2D eigenvalue weighted by Crippen LogP contribution is 2.25. The van der Waals surface area contributed by atoms with Gasteiger partial charge in [-0.2, -0.15) is 4.98 Å². The Labute approximate surface area is 119 Å². The fourth-order valence-corrected chi connectivity index (χ4v) is 1.83. The average molecular weight is 286 g/mol. The number of aromatic hydroxyl groups is 1. The molecule has 3 aromatic rings. The van der Waals surface area contributed by atoms with Gasteiger partial charge in [0.15, 0.2) is 11.6 Å². The predicted molar refractivity (Wildman–Crippen MR) is 72.5 cm³/mol. The lowest BCUT2D eigenvalue weighted by molar-refractivity contribution is 0.430. The number of halogens is 1. The number of aromatic nitrogens is 3. The molecule has 0 fully saturated rings. The number of pyridine rings is 1. The van der Waals surface area contributed by atoms with Crippen LogP contribution in [0.4, 0.5) is 4.39 Å². The van der Waals surface area contributed by atoms with Gasteiger partial charge in [0.05, 0.1) is 5.69 Å². The molecule has 21 heavy (non-hydrogen) atoms. The Bertz CT molecular complexity index is 788. The van der Waals surface area contributed by atoms with Crippen LogP contribution in [0.15, 0.2) is 41.1 Å². The summed E-state index contributed by atoms with van der Waals surface area (Å²) in [7, 11) is 0. The van der Waals surface area contributed by atoms with Crippen molar-refractivity contribution < 1.29 is 14.0 Å². The van der Waals surface area contributed by atoms with Crippen molar-refractivity contribution in [2.45, 2.75) is 6.54 Å². The Morgan fingerprint density at radius 3 is 2.81 bits per heavy atom. The summed E-state index contributed by atoms with van der Waals surface area (Å²) in [4.78, 5) is 8.28. The minimum absolute atomic E-state index is 0.231. The van der Waals surface area contributed by atoms with Gasteiger partial charge >= 0.3 is 0 Å². The van der Waals surface area contributed by atoms with Crippen LogP contribution in [0.3, 0.4) is 0 Å². The van der Waals surface area contributed by atoms with Gasteiger partial charge in [0.1, 0.15) is 0 Å². The molecule has 2 aromatic heterocycles. The number of benzene rings is 1. The minimum atomic E-state index is -0.742. The summed E-state index contributed by atoms with van der Waals surface area (Å²) in [6, 6.07) is 7.34. The molecular formula is C14H11FN4O2. The molecule has 0 atom stereocenters. The molecule has 1 aromatic carbocycles. The SMILES string of the molecule is NCc1cc(-c2nc(-c3ccc(O)c(F)c3)no2)ccn1. The van der Waals surface area contributed by atoms with E-state index in [0.717, 1.165) is 6.07 Å². The third kappa shape index (κ3) is 2.59. The molecule has 0 aliphatic heterocycles. The van der Waals surface area contributed by atoms with Crippen molar-refractivity contribution in [3.8, 4) is 28.6 Å². The lowest BCUT2D eigenvalue weighted by Gasteiger charge is -1.98. The summed E-state index contributed by atoms with van der Waals surface area (Å²) in [5.41, 5.74) is 7.32. The van der Waals surface area contributed by atoms with E-state index in [-0.39, 0.29) is 11.7 Å². The second-order valence-electron chi connectivity index (χ2n) is 4.33. The molecule has 3 rings (SSSR count). The third-order valence-corrected chi connectivity index (χ3v) is 2.90. The van der Waals surface area contributed by atoms with Crippen molar-refractivity contribution in [2.24, 2.45) is 5.73 Å². The topological polar surface area (TPSA) is 98.1 Å². The van der Waals surface area contributed by atoms with Crippen LogP contribution in [0.5, 0.6) is 5.75 Å². The number of hydrogen-bond donors (Lipinski definition) is 2. The Kier molecular flexibility index (Phi) is 3.33. The molecule has 0 amide bonds. The summed E-state index contributed by atoms with van der Waals surface area (Å²) >= 11 is 0. The van der Waals surface area contributed by atoms with Crippen LogP contribution in [0.2, 0.25) is 0 Å². The molecule has 106 valence electrons. The van der Waals surface area contributed by atoms with Crippen LogP contribution in [0.25, 0.3) is 22.8 Å². The van der Waals surface area contributed by atoms with E-state index in [9.17, 15) is 9.50 Å². The average Bonchev–Trinajstić information content (AvgIpc) is 3.00. The standard InChI is InChI=1S/C14H11FN4O2/c15-11-6-8(1-2-12(11)20)13-18-14(21-19-13)9-3-4-17-10(5-9)7-16/h1-6,20H,7,16H2. The number of phenols is 1. The summed E-state index contributed by atoms with van der Waals surface area (Å²) in [5, 5.41) is 13.0. The van der Waals surface area contributed by atoms with Gasteiger partial charge in [0, 0.05) is 23.9 Å². The highest BCUT2D eigenvalue weighted by atomic mass is 19.1. The number of nitrogens with two attached hydrogens (primary N) is 1. The first kappa shape index (κ1) is 13.2. The molecular weight excluding hydrogens is 275 g/mol. The van der Waals surface area contributed by atoms with Gasteiger partial charge in [-0.05, 0) is 30.3 Å². The van der Waals surface area contributed by atoms with Gasteiger partial charge < -0.3 is 15.4 Å². The smallest absolute Gasteiger partial charge is 0.258 e. The van der Waals surface area contributed by atoms with Crippen LogP contribution in [0, 0.1) is 5.82 Å². The van der Waals surface area contributed by atoms with Gasteiger partial charge in [-0.25, -0.2) is 4.39 Å². The molecule has 7 heteroatoms. The van der Waals surface area contributed by atoms with E-state index in [2.05, 4.69) is 15.1 Å². The molecule has 0 saturated carbocycles. The Morgan fingerprint density at radius 2 is 2.05 bits per heavy atom. The molecule has 3 N–H and O–H groups in total. The Hall–Kier alpha value is -2.80.